The molecule has 3 aliphatic rings. The first kappa shape index (κ1) is 13.9. The first-order valence-corrected chi connectivity index (χ1v) is 8.88. The van der Waals surface area contributed by atoms with Gasteiger partial charge in [-0.15, -0.1) is 0 Å². The van der Waals surface area contributed by atoms with E-state index < -0.39 is 0 Å². The molecule has 2 nitrogen and oxygen atoms in total. The molecule has 2 aliphatic carbocycles. The zero-order valence-electron chi connectivity index (χ0n) is 12.8. The van der Waals surface area contributed by atoms with Gasteiger partial charge in [-0.3, -0.25) is 4.90 Å². The Kier molecular flexibility index (Phi) is 4.81. The third-order valence-electron chi connectivity index (χ3n) is 5.48. The van der Waals surface area contributed by atoms with Gasteiger partial charge in [0.05, 0.1) is 0 Å². The number of nitrogens with zero attached hydrogens (tertiary/aromatic N) is 2. The monoisotopic (exact) mass is 264 g/mol. The summed E-state index contributed by atoms with van der Waals surface area (Å²) in [7, 11) is 0. The molecule has 0 atom stereocenters. The molecule has 0 N–H and O–H groups in total. The maximum Gasteiger partial charge on any atom is 0.0125 e. The third kappa shape index (κ3) is 3.52. The van der Waals surface area contributed by atoms with Gasteiger partial charge in [0.25, 0.3) is 0 Å². The standard InChI is InChI=1S/C17H32N2/c1-2-12-18-13-10-17(11-14-18)19(16-8-9-16)15-6-4-3-5-7-15/h15-17H,2-14H2,1H3. The molecule has 0 bridgehead atoms. The Morgan fingerprint density at radius 3 is 1.95 bits per heavy atom. The molecule has 110 valence electrons. The number of likely N-dealkylation sites (tertiary alicyclic amines) is 1. The second kappa shape index (κ2) is 6.58. The maximum absolute atomic E-state index is 3.00. The van der Waals surface area contributed by atoms with Crippen molar-refractivity contribution in [1.82, 2.24) is 9.80 Å². The summed E-state index contributed by atoms with van der Waals surface area (Å²) in [6.45, 7) is 6.34. The highest BCUT2D eigenvalue weighted by Crippen LogP contribution is 2.37. The molecular formula is C17H32N2. The first-order chi connectivity index (χ1) is 9.38. The van der Waals surface area contributed by atoms with Crippen LogP contribution < -0.4 is 0 Å². The van der Waals surface area contributed by atoms with Gasteiger partial charge < -0.3 is 4.90 Å². The van der Waals surface area contributed by atoms with Crippen molar-refractivity contribution in [2.24, 2.45) is 0 Å². The molecule has 0 aromatic heterocycles. The Hall–Kier alpha value is -0.0800. The largest absolute Gasteiger partial charge is 0.303 e. The highest BCUT2D eigenvalue weighted by atomic mass is 15.3. The number of rotatable bonds is 5. The molecule has 0 unspecified atom stereocenters. The van der Waals surface area contributed by atoms with E-state index in [1.807, 2.05) is 0 Å². The molecule has 3 fully saturated rings. The van der Waals surface area contributed by atoms with E-state index >= 15 is 0 Å². The van der Waals surface area contributed by atoms with Crippen LogP contribution in [0.1, 0.15) is 71.1 Å². The molecule has 1 heterocycles. The fourth-order valence-corrected chi connectivity index (χ4v) is 4.40. The Morgan fingerprint density at radius 1 is 0.789 bits per heavy atom. The summed E-state index contributed by atoms with van der Waals surface area (Å²) < 4.78 is 0. The molecule has 0 radical (unpaired) electrons. The van der Waals surface area contributed by atoms with Crippen molar-refractivity contribution in [3.63, 3.8) is 0 Å². The van der Waals surface area contributed by atoms with Crippen molar-refractivity contribution in [2.45, 2.75) is 89.3 Å². The van der Waals surface area contributed by atoms with E-state index in [0.717, 1.165) is 18.1 Å². The summed E-state index contributed by atoms with van der Waals surface area (Å²) >= 11 is 0. The normalized spacial score (nSPS) is 28.1. The lowest BCUT2D eigenvalue weighted by atomic mass is 9.91. The van der Waals surface area contributed by atoms with Crippen molar-refractivity contribution >= 4 is 0 Å². The lowest BCUT2D eigenvalue weighted by molar-refractivity contribution is 0.0504. The lowest BCUT2D eigenvalue weighted by Crippen LogP contribution is -2.50. The average Bonchev–Trinajstić information content (AvgIpc) is 3.27. The zero-order valence-corrected chi connectivity index (χ0v) is 12.8. The van der Waals surface area contributed by atoms with E-state index in [1.165, 1.54) is 83.8 Å². The maximum atomic E-state index is 3.00. The van der Waals surface area contributed by atoms with Gasteiger partial charge in [0.1, 0.15) is 0 Å². The summed E-state index contributed by atoms with van der Waals surface area (Å²) in [5, 5.41) is 0. The number of hydrogen-bond donors (Lipinski definition) is 0. The molecule has 19 heavy (non-hydrogen) atoms. The summed E-state index contributed by atoms with van der Waals surface area (Å²) in [6.07, 6.45) is 14.6. The van der Waals surface area contributed by atoms with Gasteiger partial charge in [0.2, 0.25) is 0 Å². The van der Waals surface area contributed by atoms with Crippen LogP contribution in [0.15, 0.2) is 0 Å². The molecule has 2 heteroatoms. The van der Waals surface area contributed by atoms with Gasteiger partial charge in [-0.25, -0.2) is 0 Å². The number of piperidine rings is 1. The van der Waals surface area contributed by atoms with Crippen LogP contribution in [0.2, 0.25) is 0 Å². The fourth-order valence-electron chi connectivity index (χ4n) is 4.40. The van der Waals surface area contributed by atoms with Crippen molar-refractivity contribution in [3.8, 4) is 0 Å². The van der Waals surface area contributed by atoms with Crippen LogP contribution in [0.25, 0.3) is 0 Å². The summed E-state index contributed by atoms with van der Waals surface area (Å²) in [6, 6.07) is 2.85. The van der Waals surface area contributed by atoms with Crippen LogP contribution >= 0.6 is 0 Å². The van der Waals surface area contributed by atoms with Crippen LogP contribution in [0, 0.1) is 0 Å². The minimum absolute atomic E-state index is 0.920. The number of hydrogen-bond acceptors (Lipinski definition) is 2. The Balaban J connectivity index is 1.55. The fraction of sp³-hybridized carbons (Fsp3) is 1.00. The van der Waals surface area contributed by atoms with Gasteiger partial charge in [0, 0.05) is 18.1 Å². The smallest absolute Gasteiger partial charge is 0.0125 e. The van der Waals surface area contributed by atoms with Crippen molar-refractivity contribution in [1.29, 1.82) is 0 Å². The summed E-state index contributed by atoms with van der Waals surface area (Å²) in [5.41, 5.74) is 0. The molecule has 1 saturated heterocycles. The van der Waals surface area contributed by atoms with E-state index in [-0.39, 0.29) is 0 Å². The second-order valence-electron chi connectivity index (χ2n) is 7.04. The Morgan fingerprint density at radius 2 is 1.37 bits per heavy atom. The van der Waals surface area contributed by atoms with Crippen LogP contribution in [-0.4, -0.2) is 47.6 Å². The highest BCUT2D eigenvalue weighted by molar-refractivity contribution is 4.95. The van der Waals surface area contributed by atoms with E-state index in [2.05, 4.69) is 16.7 Å². The van der Waals surface area contributed by atoms with E-state index in [1.54, 1.807) is 0 Å². The summed E-state index contributed by atoms with van der Waals surface area (Å²) in [5.74, 6) is 0. The van der Waals surface area contributed by atoms with Crippen LogP contribution in [0.3, 0.4) is 0 Å². The SMILES string of the molecule is CCCN1CCC(N(C2CCCCC2)C2CC2)CC1. The minimum Gasteiger partial charge on any atom is -0.303 e. The lowest BCUT2D eigenvalue weighted by Gasteiger charge is -2.44. The minimum atomic E-state index is 0.920. The van der Waals surface area contributed by atoms with Crippen LogP contribution in [0.4, 0.5) is 0 Å². The zero-order chi connectivity index (χ0) is 13.1. The van der Waals surface area contributed by atoms with E-state index in [0.29, 0.717) is 0 Å². The second-order valence-corrected chi connectivity index (χ2v) is 7.04. The molecule has 0 aromatic rings. The van der Waals surface area contributed by atoms with Crippen molar-refractivity contribution < 1.29 is 0 Å². The highest BCUT2D eigenvalue weighted by Gasteiger charge is 2.39. The predicted octanol–water partition coefficient (Wildman–Crippen LogP) is 3.66. The van der Waals surface area contributed by atoms with E-state index in [4.69, 9.17) is 0 Å². The molecule has 0 spiro atoms. The van der Waals surface area contributed by atoms with Gasteiger partial charge in [0.15, 0.2) is 0 Å². The first-order valence-electron chi connectivity index (χ1n) is 8.88. The Labute approximate surface area is 119 Å². The molecule has 2 saturated carbocycles. The van der Waals surface area contributed by atoms with Crippen molar-refractivity contribution in [3.05, 3.63) is 0 Å². The van der Waals surface area contributed by atoms with E-state index in [9.17, 15) is 0 Å². The van der Waals surface area contributed by atoms with Crippen molar-refractivity contribution in [2.75, 3.05) is 19.6 Å². The molecule has 3 rings (SSSR count). The molecular weight excluding hydrogens is 232 g/mol. The van der Waals surface area contributed by atoms with Gasteiger partial charge in [-0.05, 0) is 64.6 Å². The predicted molar refractivity (Wildman–Crippen MR) is 81.5 cm³/mol. The molecule has 0 amide bonds. The molecule has 1 aliphatic heterocycles. The summed E-state index contributed by atoms with van der Waals surface area (Å²) in [4.78, 5) is 5.69. The molecule has 0 aromatic carbocycles. The van der Waals surface area contributed by atoms with Gasteiger partial charge in [-0.1, -0.05) is 26.2 Å². The van der Waals surface area contributed by atoms with Crippen LogP contribution in [0.5, 0.6) is 0 Å². The van der Waals surface area contributed by atoms with Crippen LogP contribution in [-0.2, 0) is 0 Å². The van der Waals surface area contributed by atoms with Gasteiger partial charge in [-0.2, -0.15) is 0 Å². The quantitative estimate of drug-likeness (QED) is 0.748. The third-order valence-corrected chi connectivity index (χ3v) is 5.48. The average molecular weight is 264 g/mol. The van der Waals surface area contributed by atoms with Gasteiger partial charge >= 0.3 is 0 Å². The topological polar surface area (TPSA) is 6.48 Å². The Bertz CT molecular complexity index is 260.